The number of hydrogen-bond donors (Lipinski definition) is 1. The number of thiazole rings is 1. The van der Waals surface area contributed by atoms with E-state index in [1.54, 1.807) is 6.07 Å². The Labute approximate surface area is 115 Å². The zero-order valence-electron chi connectivity index (χ0n) is 9.15. The van der Waals surface area contributed by atoms with Crippen LogP contribution in [0.5, 0.6) is 0 Å². The molecule has 18 heavy (non-hydrogen) atoms. The van der Waals surface area contributed by atoms with Crippen molar-refractivity contribution in [1.82, 2.24) is 4.98 Å². The summed E-state index contributed by atoms with van der Waals surface area (Å²) in [4.78, 5) is 4.48. The Balaban J connectivity index is 2.22. The molecule has 0 unspecified atom stereocenters. The first kappa shape index (κ1) is 11.6. The molecule has 0 aliphatic carbocycles. The van der Waals surface area contributed by atoms with Crippen LogP contribution in [0.1, 0.15) is 0 Å². The highest BCUT2D eigenvalue weighted by Crippen LogP contribution is 2.36. The van der Waals surface area contributed by atoms with Gasteiger partial charge in [-0.05, 0) is 46.3 Å². The van der Waals surface area contributed by atoms with Gasteiger partial charge in [-0.25, -0.2) is 9.37 Å². The van der Waals surface area contributed by atoms with E-state index in [1.165, 1.54) is 23.5 Å². The molecule has 0 radical (unpaired) electrons. The zero-order valence-corrected chi connectivity index (χ0v) is 11.6. The fraction of sp³-hybridized carbons (Fsp3) is 0. The molecule has 0 bridgehead atoms. The summed E-state index contributed by atoms with van der Waals surface area (Å²) in [5.74, 6) is -0.250. The normalized spacial score (nSPS) is 11.0. The van der Waals surface area contributed by atoms with Crippen molar-refractivity contribution in [3.8, 4) is 10.6 Å². The molecule has 5 heteroatoms. The quantitative estimate of drug-likeness (QED) is 0.672. The minimum absolute atomic E-state index is 0.250. The van der Waals surface area contributed by atoms with Crippen molar-refractivity contribution < 1.29 is 4.39 Å². The molecule has 0 saturated carbocycles. The first-order valence-electron chi connectivity index (χ1n) is 5.25. The lowest BCUT2D eigenvalue weighted by molar-refractivity contribution is 0.630. The number of aromatic nitrogens is 1. The Bertz CT molecular complexity index is 739. The molecule has 0 atom stereocenters. The highest BCUT2D eigenvalue weighted by atomic mass is 79.9. The molecule has 0 spiro atoms. The largest absolute Gasteiger partial charge is 0.397 e. The maximum Gasteiger partial charge on any atom is 0.126 e. The SMILES string of the molecule is Nc1c(Br)cccc1-c1nc2ccc(F)cc2s1. The van der Waals surface area contributed by atoms with Crippen LogP contribution < -0.4 is 5.73 Å². The van der Waals surface area contributed by atoms with Crippen molar-refractivity contribution in [1.29, 1.82) is 0 Å². The lowest BCUT2D eigenvalue weighted by atomic mass is 10.2. The number of nitrogens with two attached hydrogens (primary N) is 1. The molecule has 3 aromatic rings. The molecule has 90 valence electrons. The molecular weight excluding hydrogens is 315 g/mol. The Kier molecular flexibility index (Phi) is 2.80. The highest BCUT2D eigenvalue weighted by molar-refractivity contribution is 9.10. The maximum atomic E-state index is 13.1. The number of fused-ring (bicyclic) bond motifs is 1. The van der Waals surface area contributed by atoms with Gasteiger partial charge in [0.05, 0.1) is 15.9 Å². The van der Waals surface area contributed by atoms with Crippen LogP contribution in [0.4, 0.5) is 10.1 Å². The Morgan fingerprint density at radius 2 is 2.06 bits per heavy atom. The number of benzene rings is 2. The number of halogens is 2. The predicted molar refractivity (Wildman–Crippen MR) is 77.1 cm³/mol. The van der Waals surface area contributed by atoms with Crippen LogP contribution >= 0.6 is 27.3 Å². The third-order valence-corrected chi connectivity index (χ3v) is 4.38. The molecule has 0 aliphatic rings. The van der Waals surface area contributed by atoms with E-state index in [9.17, 15) is 4.39 Å². The molecule has 3 rings (SSSR count). The van der Waals surface area contributed by atoms with Gasteiger partial charge < -0.3 is 5.73 Å². The lowest BCUT2D eigenvalue weighted by Crippen LogP contribution is -1.90. The van der Waals surface area contributed by atoms with Gasteiger partial charge in [0.25, 0.3) is 0 Å². The number of nitrogens with zero attached hydrogens (tertiary/aromatic N) is 1. The van der Waals surface area contributed by atoms with Gasteiger partial charge in [-0.2, -0.15) is 0 Å². The Hall–Kier alpha value is -1.46. The number of rotatable bonds is 1. The van der Waals surface area contributed by atoms with Gasteiger partial charge in [-0.1, -0.05) is 6.07 Å². The molecular formula is C13H8BrFN2S. The summed E-state index contributed by atoms with van der Waals surface area (Å²) in [5.41, 5.74) is 8.32. The van der Waals surface area contributed by atoms with Gasteiger partial charge in [0, 0.05) is 10.0 Å². The van der Waals surface area contributed by atoms with E-state index in [0.29, 0.717) is 5.69 Å². The van der Waals surface area contributed by atoms with Crippen LogP contribution in [0, 0.1) is 5.82 Å². The highest BCUT2D eigenvalue weighted by Gasteiger charge is 2.11. The van der Waals surface area contributed by atoms with Gasteiger partial charge in [-0.15, -0.1) is 11.3 Å². The third kappa shape index (κ3) is 1.89. The van der Waals surface area contributed by atoms with E-state index in [0.717, 1.165) is 25.3 Å². The monoisotopic (exact) mass is 322 g/mol. The van der Waals surface area contributed by atoms with Crippen LogP contribution in [0.25, 0.3) is 20.8 Å². The van der Waals surface area contributed by atoms with E-state index < -0.39 is 0 Å². The molecule has 0 amide bonds. The van der Waals surface area contributed by atoms with Crippen LogP contribution in [0.3, 0.4) is 0 Å². The van der Waals surface area contributed by atoms with Crippen molar-refractivity contribution in [2.24, 2.45) is 0 Å². The summed E-state index contributed by atoms with van der Waals surface area (Å²) in [6.07, 6.45) is 0. The van der Waals surface area contributed by atoms with E-state index in [2.05, 4.69) is 20.9 Å². The second-order valence-electron chi connectivity index (χ2n) is 3.83. The number of nitrogen functional groups attached to an aromatic ring is 1. The van der Waals surface area contributed by atoms with Gasteiger partial charge in [0.15, 0.2) is 0 Å². The van der Waals surface area contributed by atoms with Crippen molar-refractivity contribution in [2.75, 3.05) is 5.73 Å². The Morgan fingerprint density at radius 3 is 2.89 bits per heavy atom. The van der Waals surface area contributed by atoms with Crippen LogP contribution in [0.2, 0.25) is 0 Å². The van der Waals surface area contributed by atoms with E-state index in [1.807, 2.05) is 18.2 Å². The second-order valence-corrected chi connectivity index (χ2v) is 5.72. The first-order chi connectivity index (χ1) is 8.65. The average molecular weight is 323 g/mol. The van der Waals surface area contributed by atoms with Gasteiger partial charge in [-0.3, -0.25) is 0 Å². The summed E-state index contributed by atoms with van der Waals surface area (Å²) >= 11 is 4.83. The number of anilines is 1. The molecule has 0 fully saturated rings. The fourth-order valence-electron chi connectivity index (χ4n) is 1.74. The van der Waals surface area contributed by atoms with Crippen molar-refractivity contribution >= 4 is 43.2 Å². The first-order valence-corrected chi connectivity index (χ1v) is 6.86. The Morgan fingerprint density at radius 1 is 1.22 bits per heavy atom. The number of hydrogen-bond acceptors (Lipinski definition) is 3. The van der Waals surface area contributed by atoms with E-state index in [-0.39, 0.29) is 5.82 Å². The maximum absolute atomic E-state index is 13.1. The molecule has 1 heterocycles. The van der Waals surface area contributed by atoms with Gasteiger partial charge in [0.2, 0.25) is 0 Å². The van der Waals surface area contributed by atoms with E-state index in [4.69, 9.17) is 5.73 Å². The molecule has 2 nitrogen and oxygen atoms in total. The standard InChI is InChI=1S/C13H8BrFN2S/c14-9-3-1-2-8(12(9)16)13-17-10-5-4-7(15)6-11(10)18-13/h1-6H,16H2. The number of para-hydroxylation sites is 1. The van der Waals surface area contributed by atoms with Crippen molar-refractivity contribution in [3.05, 3.63) is 46.7 Å². The fourth-order valence-corrected chi connectivity index (χ4v) is 3.13. The van der Waals surface area contributed by atoms with Gasteiger partial charge in [0.1, 0.15) is 10.8 Å². The average Bonchev–Trinajstić information content (AvgIpc) is 2.75. The molecule has 0 saturated heterocycles. The summed E-state index contributed by atoms with van der Waals surface area (Å²) < 4.78 is 14.8. The third-order valence-electron chi connectivity index (χ3n) is 2.63. The molecule has 2 aromatic carbocycles. The minimum atomic E-state index is -0.250. The summed E-state index contributed by atoms with van der Waals surface area (Å²) in [5, 5.41) is 0.800. The van der Waals surface area contributed by atoms with Crippen LogP contribution in [0.15, 0.2) is 40.9 Å². The summed E-state index contributed by atoms with van der Waals surface area (Å²) in [6.45, 7) is 0. The van der Waals surface area contributed by atoms with Crippen LogP contribution in [-0.2, 0) is 0 Å². The van der Waals surface area contributed by atoms with E-state index >= 15 is 0 Å². The molecule has 0 aliphatic heterocycles. The summed E-state index contributed by atoms with van der Waals surface area (Å²) in [6, 6.07) is 10.3. The predicted octanol–water partition coefficient (Wildman–Crippen LogP) is 4.45. The molecule has 2 N–H and O–H groups in total. The topological polar surface area (TPSA) is 38.9 Å². The zero-order chi connectivity index (χ0) is 12.7. The van der Waals surface area contributed by atoms with Crippen molar-refractivity contribution in [3.63, 3.8) is 0 Å². The minimum Gasteiger partial charge on any atom is -0.397 e. The second kappa shape index (κ2) is 4.33. The smallest absolute Gasteiger partial charge is 0.126 e. The van der Waals surface area contributed by atoms with Crippen LogP contribution in [-0.4, -0.2) is 4.98 Å². The summed E-state index contributed by atoms with van der Waals surface area (Å²) in [7, 11) is 0. The van der Waals surface area contributed by atoms with Crippen molar-refractivity contribution in [2.45, 2.75) is 0 Å². The lowest BCUT2D eigenvalue weighted by Gasteiger charge is -2.03. The van der Waals surface area contributed by atoms with Gasteiger partial charge >= 0.3 is 0 Å². The molecule has 1 aromatic heterocycles.